The number of benzene rings is 1. The van der Waals surface area contributed by atoms with E-state index in [0.717, 1.165) is 5.56 Å². The molecule has 1 heterocycles. The van der Waals surface area contributed by atoms with Crippen molar-refractivity contribution in [2.45, 2.75) is 20.4 Å². The molecule has 2 rings (SSSR count). The summed E-state index contributed by atoms with van der Waals surface area (Å²) in [5.41, 5.74) is 2.20. The Bertz CT molecular complexity index is 684. The van der Waals surface area contributed by atoms with Crippen molar-refractivity contribution in [3.05, 3.63) is 61.6 Å². The number of nitro groups is 1. The van der Waals surface area contributed by atoms with E-state index >= 15 is 0 Å². The zero-order valence-electron chi connectivity index (χ0n) is 11.5. The van der Waals surface area contributed by atoms with Crippen LogP contribution in [0.1, 0.15) is 16.7 Å². The average molecular weight is 354 g/mol. The van der Waals surface area contributed by atoms with E-state index in [4.69, 9.17) is 0 Å². The first kappa shape index (κ1) is 15.4. The Kier molecular flexibility index (Phi) is 4.52. The lowest BCUT2D eigenvalue weighted by molar-refractivity contribution is -0.384. The fraction of sp³-hybridized carbons (Fsp3) is 0.214. The van der Waals surface area contributed by atoms with Gasteiger partial charge in [-0.25, -0.2) is 4.39 Å². The highest BCUT2D eigenvalue weighted by atomic mass is 79.9. The van der Waals surface area contributed by atoms with Crippen molar-refractivity contribution < 1.29 is 9.31 Å². The SMILES string of the molecule is Cc1cc(CNc2c(Br)cncc2[N+](=O)[O-])cc(C)c1F. The largest absolute Gasteiger partial charge is 0.374 e. The second kappa shape index (κ2) is 6.17. The molecule has 1 N–H and O–H groups in total. The molecule has 0 aliphatic rings. The monoisotopic (exact) mass is 353 g/mol. The van der Waals surface area contributed by atoms with Gasteiger partial charge in [-0.15, -0.1) is 0 Å². The van der Waals surface area contributed by atoms with Gasteiger partial charge in [0, 0.05) is 12.7 Å². The van der Waals surface area contributed by atoms with Crippen LogP contribution < -0.4 is 5.32 Å². The van der Waals surface area contributed by atoms with Gasteiger partial charge in [0.05, 0.1) is 9.40 Å². The molecule has 0 unspecified atom stereocenters. The van der Waals surface area contributed by atoms with E-state index in [1.807, 2.05) is 0 Å². The summed E-state index contributed by atoms with van der Waals surface area (Å²) in [5.74, 6) is -0.227. The molecule has 0 aliphatic heterocycles. The maximum absolute atomic E-state index is 13.6. The van der Waals surface area contributed by atoms with Gasteiger partial charge in [0.1, 0.15) is 17.7 Å². The van der Waals surface area contributed by atoms with E-state index in [-0.39, 0.29) is 11.5 Å². The lowest BCUT2D eigenvalue weighted by atomic mass is 10.1. The first-order valence-electron chi connectivity index (χ1n) is 6.17. The molecule has 21 heavy (non-hydrogen) atoms. The molecule has 7 heteroatoms. The predicted molar refractivity (Wildman–Crippen MR) is 81.8 cm³/mol. The van der Waals surface area contributed by atoms with Crippen LogP contribution in [-0.2, 0) is 6.54 Å². The van der Waals surface area contributed by atoms with Gasteiger partial charge in [0.15, 0.2) is 0 Å². The molecule has 2 aromatic rings. The summed E-state index contributed by atoms with van der Waals surface area (Å²) in [5, 5.41) is 14.0. The Morgan fingerprint density at radius 2 is 1.95 bits per heavy atom. The van der Waals surface area contributed by atoms with Crippen LogP contribution in [-0.4, -0.2) is 9.91 Å². The van der Waals surface area contributed by atoms with Crippen LogP contribution in [0.5, 0.6) is 0 Å². The number of hydrogen-bond donors (Lipinski definition) is 1. The van der Waals surface area contributed by atoms with Crippen molar-refractivity contribution in [2.24, 2.45) is 0 Å². The Morgan fingerprint density at radius 1 is 1.33 bits per heavy atom. The van der Waals surface area contributed by atoms with E-state index in [9.17, 15) is 14.5 Å². The Balaban J connectivity index is 2.27. The average Bonchev–Trinajstić information content (AvgIpc) is 2.42. The number of pyridine rings is 1. The van der Waals surface area contributed by atoms with E-state index in [1.165, 1.54) is 12.4 Å². The third kappa shape index (κ3) is 3.36. The number of aromatic nitrogens is 1. The molecule has 0 radical (unpaired) electrons. The van der Waals surface area contributed by atoms with Crippen LogP contribution in [0.3, 0.4) is 0 Å². The number of nitrogens with zero attached hydrogens (tertiary/aromatic N) is 2. The number of halogens is 2. The van der Waals surface area contributed by atoms with E-state index < -0.39 is 4.92 Å². The smallest absolute Gasteiger partial charge is 0.311 e. The number of anilines is 1. The summed E-state index contributed by atoms with van der Waals surface area (Å²) in [6, 6.07) is 3.44. The summed E-state index contributed by atoms with van der Waals surface area (Å²) < 4.78 is 14.1. The van der Waals surface area contributed by atoms with Gasteiger partial charge in [-0.3, -0.25) is 15.1 Å². The van der Waals surface area contributed by atoms with Gasteiger partial charge in [0.25, 0.3) is 0 Å². The van der Waals surface area contributed by atoms with Crippen molar-refractivity contribution in [2.75, 3.05) is 5.32 Å². The van der Waals surface area contributed by atoms with Gasteiger partial charge < -0.3 is 5.32 Å². The number of rotatable bonds is 4. The molecule has 110 valence electrons. The summed E-state index contributed by atoms with van der Waals surface area (Å²) in [6.07, 6.45) is 2.67. The third-order valence-electron chi connectivity index (χ3n) is 3.04. The fourth-order valence-corrected chi connectivity index (χ4v) is 2.53. The van der Waals surface area contributed by atoms with Crippen LogP contribution in [0.4, 0.5) is 15.8 Å². The second-order valence-corrected chi connectivity index (χ2v) is 5.52. The maximum Gasteiger partial charge on any atom is 0.311 e. The van der Waals surface area contributed by atoms with Crippen LogP contribution in [0.15, 0.2) is 29.0 Å². The molecular weight excluding hydrogens is 341 g/mol. The minimum Gasteiger partial charge on any atom is -0.374 e. The molecule has 0 aliphatic carbocycles. The molecule has 0 atom stereocenters. The van der Waals surface area contributed by atoms with Crippen LogP contribution >= 0.6 is 15.9 Å². The fourth-order valence-electron chi connectivity index (χ4n) is 2.07. The highest BCUT2D eigenvalue weighted by Crippen LogP contribution is 2.31. The molecular formula is C14H13BrFN3O2. The van der Waals surface area contributed by atoms with Crippen molar-refractivity contribution in [3.63, 3.8) is 0 Å². The lowest BCUT2D eigenvalue weighted by Crippen LogP contribution is -2.05. The van der Waals surface area contributed by atoms with Crippen molar-refractivity contribution in [1.29, 1.82) is 0 Å². The first-order chi connectivity index (χ1) is 9.90. The summed E-state index contributed by atoms with van der Waals surface area (Å²) in [4.78, 5) is 14.3. The quantitative estimate of drug-likeness (QED) is 0.663. The van der Waals surface area contributed by atoms with Crippen LogP contribution in [0, 0.1) is 29.8 Å². The summed E-state index contributed by atoms with van der Waals surface area (Å²) in [6.45, 7) is 3.73. The molecule has 0 fully saturated rings. The van der Waals surface area contributed by atoms with Crippen LogP contribution in [0.2, 0.25) is 0 Å². The minimum atomic E-state index is -0.499. The van der Waals surface area contributed by atoms with Gasteiger partial charge in [0.2, 0.25) is 0 Å². The predicted octanol–water partition coefficient (Wildman–Crippen LogP) is 4.12. The topological polar surface area (TPSA) is 68.1 Å². The molecule has 0 saturated carbocycles. The minimum absolute atomic E-state index is 0.111. The van der Waals surface area contributed by atoms with Gasteiger partial charge in [-0.05, 0) is 46.5 Å². The molecule has 0 bridgehead atoms. The molecule has 5 nitrogen and oxygen atoms in total. The Morgan fingerprint density at radius 3 is 2.52 bits per heavy atom. The molecule has 0 saturated heterocycles. The highest BCUT2D eigenvalue weighted by molar-refractivity contribution is 9.10. The molecule has 1 aromatic heterocycles. The zero-order valence-corrected chi connectivity index (χ0v) is 13.1. The first-order valence-corrected chi connectivity index (χ1v) is 6.97. The molecule has 0 spiro atoms. The number of hydrogen-bond acceptors (Lipinski definition) is 4. The van der Waals surface area contributed by atoms with Gasteiger partial charge >= 0.3 is 5.69 Å². The lowest BCUT2D eigenvalue weighted by Gasteiger charge is -2.11. The zero-order chi connectivity index (χ0) is 15.6. The van der Waals surface area contributed by atoms with Gasteiger partial charge in [-0.1, -0.05) is 12.1 Å². The normalized spacial score (nSPS) is 10.5. The number of aryl methyl sites for hydroxylation is 2. The van der Waals surface area contributed by atoms with Crippen LogP contribution in [0.25, 0.3) is 0 Å². The summed E-state index contributed by atoms with van der Waals surface area (Å²) >= 11 is 3.24. The van der Waals surface area contributed by atoms with E-state index in [1.54, 1.807) is 26.0 Å². The highest BCUT2D eigenvalue weighted by Gasteiger charge is 2.17. The van der Waals surface area contributed by atoms with E-state index in [2.05, 4.69) is 26.2 Å². The van der Waals surface area contributed by atoms with Crippen molar-refractivity contribution in [3.8, 4) is 0 Å². The Labute approximate surface area is 129 Å². The summed E-state index contributed by atoms with van der Waals surface area (Å²) in [7, 11) is 0. The van der Waals surface area contributed by atoms with Gasteiger partial charge in [-0.2, -0.15) is 0 Å². The van der Waals surface area contributed by atoms with E-state index in [0.29, 0.717) is 27.8 Å². The third-order valence-corrected chi connectivity index (χ3v) is 3.64. The Hall–Kier alpha value is -2.02. The molecule has 0 amide bonds. The number of nitrogens with one attached hydrogen (secondary N) is 1. The van der Waals surface area contributed by atoms with Crippen molar-refractivity contribution in [1.82, 2.24) is 4.98 Å². The standard InChI is InChI=1S/C14H13BrFN3O2/c1-8-3-10(4-9(2)13(8)16)5-18-14-11(15)6-17-7-12(14)19(20)21/h3-4,6-7H,5H2,1-2H3,(H,17,18). The molecule has 1 aromatic carbocycles. The second-order valence-electron chi connectivity index (χ2n) is 4.67. The van der Waals surface area contributed by atoms with Crippen molar-refractivity contribution >= 4 is 27.3 Å². The maximum atomic E-state index is 13.6.